The van der Waals surface area contributed by atoms with Crippen LogP contribution in [0.15, 0.2) is 36.8 Å². The van der Waals surface area contributed by atoms with Crippen molar-refractivity contribution in [3.8, 4) is 5.75 Å². The maximum absolute atomic E-state index is 15.6. The number of hydrogen-bond acceptors (Lipinski definition) is 7. The first-order chi connectivity index (χ1) is 19.0. The number of nitrogens with two attached hydrogens (primary N) is 1. The summed E-state index contributed by atoms with van der Waals surface area (Å²) in [5, 5.41) is 12.8. The number of aliphatic hydroxyl groups is 1. The second-order valence-corrected chi connectivity index (χ2v) is 10.3. The van der Waals surface area contributed by atoms with Gasteiger partial charge in [-0.1, -0.05) is 18.5 Å². The maximum Gasteiger partial charge on any atom is 0.433 e. The second-order valence-electron chi connectivity index (χ2n) is 9.89. The number of benzene rings is 1. The van der Waals surface area contributed by atoms with E-state index in [1.54, 1.807) is 38.3 Å². The fourth-order valence-corrected chi connectivity index (χ4v) is 4.69. The van der Waals surface area contributed by atoms with Gasteiger partial charge in [0.25, 0.3) is 5.91 Å². The van der Waals surface area contributed by atoms with E-state index < -0.39 is 51.9 Å². The van der Waals surface area contributed by atoms with E-state index >= 15 is 4.39 Å². The highest BCUT2D eigenvalue weighted by molar-refractivity contribution is 6.31. The van der Waals surface area contributed by atoms with Crippen LogP contribution in [0.4, 0.5) is 23.4 Å². The number of pyridine rings is 1. The third-order valence-electron chi connectivity index (χ3n) is 6.39. The van der Waals surface area contributed by atoms with Crippen molar-refractivity contribution < 1.29 is 32.2 Å². The molecule has 0 aliphatic carbocycles. The van der Waals surface area contributed by atoms with Crippen molar-refractivity contribution in [2.75, 3.05) is 5.73 Å². The number of amides is 1. The molecule has 0 aliphatic rings. The summed E-state index contributed by atoms with van der Waals surface area (Å²) in [6, 6.07) is 2.99. The minimum atomic E-state index is -4.80. The zero-order valence-corrected chi connectivity index (χ0v) is 23.4. The number of anilines is 1. The van der Waals surface area contributed by atoms with Gasteiger partial charge in [-0.05, 0) is 45.9 Å². The number of alkyl halides is 3. The van der Waals surface area contributed by atoms with E-state index in [9.17, 15) is 23.1 Å². The molecular weight excluding hydrogens is 568 g/mol. The number of carbonyl (C=O) groups is 1. The number of fused-ring (bicyclic) bond motifs is 1. The molecule has 0 spiro atoms. The standard InChI is InChI=1S/C27H27ClF4N6O3/c1-12(2)41-22-16(13(3)24-36-14(4)21-23(33)35-8-9-38(21)24)11-17(28)20(29)19(22)25(39)37-26(5,40)15-6-7-34-18(10-15)27(30,31)32/h6-13,40H,1-5H3,(H2,33,35)(H,37,39)/t13-,26+/m0/s1. The van der Waals surface area contributed by atoms with Crippen LogP contribution >= 0.6 is 11.6 Å². The van der Waals surface area contributed by atoms with E-state index in [4.69, 9.17) is 22.1 Å². The third kappa shape index (κ3) is 5.77. The van der Waals surface area contributed by atoms with Crippen LogP contribution < -0.4 is 15.8 Å². The summed E-state index contributed by atoms with van der Waals surface area (Å²) in [6.07, 6.45) is -1.35. The van der Waals surface area contributed by atoms with Gasteiger partial charge in [0.1, 0.15) is 34.2 Å². The molecule has 9 nitrogen and oxygen atoms in total. The first-order valence-corrected chi connectivity index (χ1v) is 12.8. The Kier molecular flexibility index (Phi) is 7.89. The average molecular weight is 595 g/mol. The Hall–Kier alpha value is -3.97. The number of nitrogen functional groups attached to an aromatic ring is 1. The minimum absolute atomic E-state index is 0.176. The van der Waals surface area contributed by atoms with Gasteiger partial charge in [-0.2, -0.15) is 13.2 Å². The Morgan fingerprint density at radius 3 is 2.51 bits per heavy atom. The zero-order chi connectivity index (χ0) is 30.4. The Labute approximate surface area is 237 Å². The highest BCUT2D eigenvalue weighted by atomic mass is 35.5. The van der Waals surface area contributed by atoms with Crippen molar-refractivity contribution >= 4 is 28.8 Å². The molecule has 3 aromatic heterocycles. The van der Waals surface area contributed by atoms with Gasteiger partial charge < -0.3 is 20.9 Å². The van der Waals surface area contributed by atoms with E-state index in [0.29, 0.717) is 28.7 Å². The Balaban J connectivity index is 1.84. The molecule has 0 saturated heterocycles. The Morgan fingerprint density at radius 2 is 1.88 bits per heavy atom. The Bertz CT molecular complexity index is 1640. The van der Waals surface area contributed by atoms with Crippen molar-refractivity contribution in [3.05, 3.63) is 81.5 Å². The number of nitrogens with zero attached hydrogens (tertiary/aromatic N) is 4. The molecule has 14 heteroatoms. The van der Waals surface area contributed by atoms with E-state index in [2.05, 4.69) is 20.3 Å². The topological polar surface area (TPSA) is 128 Å². The van der Waals surface area contributed by atoms with Crippen molar-refractivity contribution in [2.45, 2.75) is 58.5 Å². The summed E-state index contributed by atoms with van der Waals surface area (Å²) < 4.78 is 62.8. The SMILES string of the molecule is Cc1nc([C@@H](C)c2cc(Cl)c(F)c(C(=O)N[C@](C)(O)c3ccnc(C(F)(F)F)c3)c2OC(C)C)n2ccnc(N)c12. The molecule has 1 amide bonds. The van der Waals surface area contributed by atoms with Crippen LogP contribution in [0.3, 0.4) is 0 Å². The predicted octanol–water partition coefficient (Wildman–Crippen LogP) is 5.36. The van der Waals surface area contributed by atoms with Gasteiger partial charge in [0.2, 0.25) is 0 Å². The van der Waals surface area contributed by atoms with E-state index in [1.165, 1.54) is 12.3 Å². The molecule has 4 N–H and O–H groups in total. The van der Waals surface area contributed by atoms with Crippen molar-refractivity contribution in [3.63, 3.8) is 0 Å². The van der Waals surface area contributed by atoms with Gasteiger partial charge in [0.05, 0.1) is 16.8 Å². The summed E-state index contributed by atoms with van der Waals surface area (Å²) in [4.78, 5) is 25.5. The zero-order valence-electron chi connectivity index (χ0n) is 22.6. The lowest BCUT2D eigenvalue weighted by atomic mass is 9.95. The van der Waals surface area contributed by atoms with Gasteiger partial charge in [0.15, 0.2) is 11.5 Å². The second kappa shape index (κ2) is 10.8. The lowest BCUT2D eigenvalue weighted by molar-refractivity contribution is -0.141. The molecule has 41 heavy (non-hydrogen) atoms. The third-order valence-corrected chi connectivity index (χ3v) is 6.66. The van der Waals surface area contributed by atoms with Crippen LogP contribution in [0, 0.1) is 12.7 Å². The first-order valence-electron chi connectivity index (χ1n) is 12.4. The molecule has 0 aliphatic heterocycles. The fourth-order valence-electron chi connectivity index (χ4n) is 4.47. The number of aryl methyl sites for hydroxylation is 1. The van der Waals surface area contributed by atoms with E-state index in [1.807, 2.05) is 0 Å². The minimum Gasteiger partial charge on any atom is -0.490 e. The number of aromatic nitrogens is 4. The maximum atomic E-state index is 15.6. The van der Waals surface area contributed by atoms with Crippen LogP contribution in [-0.4, -0.2) is 36.5 Å². The lowest BCUT2D eigenvalue weighted by Gasteiger charge is -2.28. The number of imidazole rings is 1. The molecule has 4 rings (SSSR count). The molecule has 0 radical (unpaired) electrons. The van der Waals surface area contributed by atoms with E-state index in [0.717, 1.165) is 19.2 Å². The summed E-state index contributed by atoms with van der Waals surface area (Å²) in [5.41, 5.74) is 2.87. The van der Waals surface area contributed by atoms with Gasteiger partial charge in [0, 0.05) is 35.6 Å². The van der Waals surface area contributed by atoms with Gasteiger partial charge in [-0.15, -0.1) is 0 Å². The molecule has 4 aromatic rings. The lowest BCUT2D eigenvalue weighted by Crippen LogP contribution is -2.44. The Morgan fingerprint density at radius 1 is 1.20 bits per heavy atom. The van der Waals surface area contributed by atoms with Crippen molar-refractivity contribution in [1.29, 1.82) is 0 Å². The van der Waals surface area contributed by atoms with Gasteiger partial charge >= 0.3 is 6.18 Å². The molecule has 3 heterocycles. The van der Waals surface area contributed by atoms with Crippen molar-refractivity contribution in [1.82, 2.24) is 24.7 Å². The molecule has 0 saturated carbocycles. The van der Waals surface area contributed by atoms with Crippen LogP contribution in [0.25, 0.3) is 5.52 Å². The molecule has 218 valence electrons. The summed E-state index contributed by atoms with van der Waals surface area (Å²) in [6.45, 7) is 7.87. The highest BCUT2D eigenvalue weighted by Crippen LogP contribution is 2.40. The van der Waals surface area contributed by atoms with Crippen LogP contribution in [0.1, 0.15) is 72.3 Å². The van der Waals surface area contributed by atoms with Crippen LogP contribution in [0.2, 0.25) is 5.02 Å². The van der Waals surface area contributed by atoms with Crippen LogP contribution in [0.5, 0.6) is 5.75 Å². The fraction of sp³-hybridized carbons (Fsp3) is 0.333. The van der Waals surface area contributed by atoms with E-state index in [-0.39, 0.29) is 17.1 Å². The number of rotatable bonds is 7. The average Bonchev–Trinajstić information content (AvgIpc) is 3.22. The van der Waals surface area contributed by atoms with Crippen molar-refractivity contribution in [2.24, 2.45) is 0 Å². The number of carbonyl (C=O) groups excluding carboxylic acids is 1. The summed E-state index contributed by atoms with van der Waals surface area (Å²) in [7, 11) is 0. The quantitative estimate of drug-likeness (QED) is 0.194. The summed E-state index contributed by atoms with van der Waals surface area (Å²) >= 11 is 6.25. The smallest absolute Gasteiger partial charge is 0.433 e. The molecular formula is C27H27ClF4N6O3. The number of ether oxygens (including phenoxy) is 1. The number of hydrogen-bond donors (Lipinski definition) is 3. The molecule has 1 aromatic carbocycles. The van der Waals surface area contributed by atoms with Gasteiger partial charge in [-0.3, -0.25) is 14.2 Å². The molecule has 2 atom stereocenters. The van der Waals surface area contributed by atoms with Crippen LogP contribution in [-0.2, 0) is 11.9 Å². The monoisotopic (exact) mass is 594 g/mol. The summed E-state index contributed by atoms with van der Waals surface area (Å²) in [5.74, 6) is -2.41. The number of nitrogens with one attached hydrogen (secondary N) is 1. The largest absolute Gasteiger partial charge is 0.490 e. The molecule has 0 fully saturated rings. The highest BCUT2D eigenvalue weighted by Gasteiger charge is 2.37. The molecule has 0 unspecified atom stereocenters. The number of halogens is 5. The first kappa shape index (κ1) is 30.0. The van der Waals surface area contributed by atoms with Gasteiger partial charge in [-0.25, -0.2) is 14.4 Å². The normalized spacial score (nSPS) is 14.2. The molecule has 0 bridgehead atoms. The predicted molar refractivity (Wildman–Crippen MR) is 143 cm³/mol.